The van der Waals surface area contributed by atoms with Gasteiger partial charge in [0.2, 0.25) is 10.0 Å². The van der Waals surface area contributed by atoms with Crippen LogP contribution in [-0.4, -0.2) is 15.0 Å². The van der Waals surface area contributed by atoms with Crippen molar-refractivity contribution in [3.63, 3.8) is 0 Å². The van der Waals surface area contributed by atoms with E-state index in [1.165, 1.54) is 12.8 Å². The second-order valence-corrected chi connectivity index (χ2v) is 7.96. The van der Waals surface area contributed by atoms with E-state index >= 15 is 0 Å². The average molecular weight is 361 g/mol. The van der Waals surface area contributed by atoms with Crippen LogP contribution in [0.4, 0.5) is 0 Å². The third-order valence-corrected chi connectivity index (χ3v) is 6.61. The Balaban J connectivity index is 2.21. The molecule has 0 saturated heterocycles. The highest BCUT2D eigenvalue weighted by Crippen LogP contribution is 2.28. The van der Waals surface area contributed by atoms with Crippen molar-refractivity contribution in [2.45, 2.75) is 44.0 Å². The fourth-order valence-electron chi connectivity index (χ4n) is 2.64. The topological polar surface area (TPSA) is 72.2 Å². The normalized spacial score (nSPS) is 16.8. The lowest BCUT2D eigenvalue weighted by molar-refractivity contribution is 0.519. The summed E-state index contributed by atoms with van der Waals surface area (Å²) in [5.41, 5.74) is 7.33. The van der Waals surface area contributed by atoms with Gasteiger partial charge in [0.05, 0.1) is 4.90 Å². The zero-order chi connectivity index (χ0) is 14.8. The van der Waals surface area contributed by atoms with Gasteiger partial charge in [-0.1, -0.05) is 18.9 Å². The van der Waals surface area contributed by atoms with Crippen LogP contribution in [0, 0.1) is 12.8 Å². The first-order valence-electron chi connectivity index (χ1n) is 6.93. The van der Waals surface area contributed by atoms with E-state index in [2.05, 4.69) is 20.7 Å². The van der Waals surface area contributed by atoms with Gasteiger partial charge in [0.15, 0.2) is 0 Å². The molecule has 0 unspecified atom stereocenters. The SMILES string of the molecule is Cc1cc(CN)cc(S(=O)(=O)NCC2CCCC2)c1Br. The Bertz CT molecular complexity index is 581. The standard InChI is InChI=1S/C14H21BrN2O2S/c1-10-6-12(8-16)7-13(14(10)15)20(18,19)17-9-11-4-2-3-5-11/h6-7,11,17H,2-5,8-9,16H2,1H3. The molecule has 6 heteroatoms. The van der Waals surface area contributed by atoms with Crippen molar-refractivity contribution >= 4 is 26.0 Å². The molecule has 2 rings (SSSR count). The van der Waals surface area contributed by atoms with Crippen molar-refractivity contribution in [1.82, 2.24) is 4.72 Å². The number of sulfonamides is 1. The van der Waals surface area contributed by atoms with Gasteiger partial charge in [0.1, 0.15) is 0 Å². The van der Waals surface area contributed by atoms with Gasteiger partial charge < -0.3 is 5.73 Å². The first-order valence-corrected chi connectivity index (χ1v) is 9.20. The largest absolute Gasteiger partial charge is 0.326 e. The lowest BCUT2D eigenvalue weighted by atomic mass is 10.1. The van der Waals surface area contributed by atoms with Crippen molar-refractivity contribution in [2.24, 2.45) is 11.7 Å². The van der Waals surface area contributed by atoms with Crippen LogP contribution in [0.15, 0.2) is 21.5 Å². The van der Waals surface area contributed by atoms with E-state index < -0.39 is 10.0 Å². The van der Waals surface area contributed by atoms with E-state index in [1.54, 1.807) is 6.07 Å². The van der Waals surface area contributed by atoms with E-state index in [9.17, 15) is 8.42 Å². The quantitative estimate of drug-likeness (QED) is 0.847. The minimum atomic E-state index is -3.49. The van der Waals surface area contributed by atoms with E-state index in [0.29, 0.717) is 23.5 Å². The predicted octanol–water partition coefficient (Wildman–Crippen LogP) is 2.68. The Kier molecular flexibility index (Phi) is 5.23. The van der Waals surface area contributed by atoms with E-state index in [-0.39, 0.29) is 4.90 Å². The molecule has 4 nitrogen and oxygen atoms in total. The monoisotopic (exact) mass is 360 g/mol. The summed E-state index contributed by atoms with van der Waals surface area (Å²) < 4.78 is 28.3. The first-order chi connectivity index (χ1) is 9.44. The molecule has 0 aliphatic heterocycles. The molecule has 0 spiro atoms. The molecule has 0 bridgehead atoms. The lowest BCUT2D eigenvalue weighted by Crippen LogP contribution is -2.29. The van der Waals surface area contributed by atoms with Crippen molar-refractivity contribution in [3.8, 4) is 0 Å². The van der Waals surface area contributed by atoms with Crippen molar-refractivity contribution in [3.05, 3.63) is 27.7 Å². The molecule has 1 aliphatic rings. The summed E-state index contributed by atoms with van der Waals surface area (Å²) in [6, 6.07) is 3.55. The van der Waals surface area contributed by atoms with Gasteiger partial charge in [-0.05, 0) is 58.8 Å². The highest BCUT2D eigenvalue weighted by Gasteiger charge is 2.22. The number of nitrogens with one attached hydrogen (secondary N) is 1. The van der Waals surface area contributed by atoms with Crippen LogP contribution in [0.2, 0.25) is 0 Å². The van der Waals surface area contributed by atoms with Gasteiger partial charge in [-0.3, -0.25) is 0 Å². The van der Waals surface area contributed by atoms with Gasteiger partial charge in [-0.2, -0.15) is 0 Å². The molecule has 0 amide bonds. The maximum absolute atomic E-state index is 12.4. The Morgan fingerprint density at radius 2 is 2.00 bits per heavy atom. The molecule has 0 radical (unpaired) electrons. The first kappa shape index (κ1) is 15.9. The van der Waals surface area contributed by atoms with Crippen LogP contribution in [0.5, 0.6) is 0 Å². The number of nitrogens with two attached hydrogens (primary N) is 1. The Labute approximate surface area is 129 Å². The smallest absolute Gasteiger partial charge is 0.241 e. The maximum Gasteiger partial charge on any atom is 0.241 e. The highest BCUT2D eigenvalue weighted by molar-refractivity contribution is 9.10. The van der Waals surface area contributed by atoms with Crippen LogP contribution in [-0.2, 0) is 16.6 Å². The Hall–Kier alpha value is -0.430. The van der Waals surface area contributed by atoms with Crippen molar-refractivity contribution in [1.29, 1.82) is 0 Å². The molecule has 1 aromatic carbocycles. The van der Waals surface area contributed by atoms with Crippen LogP contribution >= 0.6 is 15.9 Å². The maximum atomic E-state index is 12.4. The molecule has 3 N–H and O–H groups in total. The molecule has 20 heavy (non-hydrogen) atoms. The molecule has 0 aromatic heterocycles. The second kappa shape index (κ2) is 6.56. The predicted molar refractivity (Wildman–Crippen MR) is 83.9 cm³/mol. The molecular weight excluding hydrogens is 340 g/mol. The molecule has 112 valence electrons. The van der Waals surface area contributed by atoms with Gasteiger partial charge in [-0.25, -0.2) is 13.1 Å². The minimum Gasteiger partial charge on any atom is -0.326 e. The molecule has 0 atom stereocenters. The summed E-state index contributed by atoms with van der Waals surface area (Å²) >= 11 is 3.37. The van der Waals surface area contributed by atoms with Crippen LogP contribution < -0.4 is 10.5 Å². The molecule has 1 saturated carbocycles. The number of benzene rings is 1. The summed E-state index contributed by atoms with van der Waals surface area (Å²) in [7, 11) is -3.49. The van der Waals surface area contributed by atoms with Gasteiger partial charge in [-0.15, -0.1) is 0 Å². The second-order valence-electron chi connectivity index (χ2n) is 5.43. The number of aryl methyl sites for hydroxylation is 1. The fraction of sp³-hybridized carbons (Fsp3) is 0.571. The third-order valence-electron chi connectivity index (χ3n) is 3.84. The van der Waals surface area contributed by atoms with E-state index in [4.69, 9.17) is 5.73 Å². The Morgan fingerprint density at radius 1 is 1.35 bits per heavy atom. The lowest BCUT2D eigenvalue weighted by Gasteiger charge is -2.14. The fourth-order valence-corrected chi connectivity index (χ4v) is 4.82. The number of halogens is 1. The molecule has 1 aromatic rings. The highest BCUT2D eigenvalue weighted by atomic mass is 79.9. The summed E-state index contributed by atoms with van der Waals surface area (Å²) in [6.07, 6.45) is 4.65. The van der Waals surface area contributed by atoms with Crippen LogP contribution in [0.25, 0.3) is 0 Å². The zero-order valence-electron chi connectivity index (χ0n) is 11.7. The van der Waals surface area contributed by atoms with Crippen LogP contribution in [0.1, 0.15) is 36.8 Å². The number of rotatable bonds is 5. The van der Waals surface area contributed by atoms with Crippen LogP contribution in [0.3, 0.4) is 0 Å². The Morgan fingerprint density at radius 3 is 2.60 bits per heavy atom. The summed E-state index contributed by atoms with van der Waals surface area (Å²) in [5.74, 6) is 0.474. The van der Waals surface area contributed by atoms with E-state index in [0.717, 1.165) is 24.0 Å². The summed E-state index contributed by atoms with van der Waals surface area (Å²) in [5, 5.41) is 0. The summed E-state index contributed by atoms with van der Waals surface area (Å²) in [4.78, 5) is 0.288. The van der Waals surface area contributed by atoms with Gasteiger partial charge >= 0.3 is 0 Å². The number of hydrogen-bond donors (Lipinski definition) is 2. The number of hydrogen-bond acceptors (Lipinski definition) is 3. The van der Waals surface area contributed by atoms with Crippen molar-refractivity contribution < 1.29 is 8.42 Å². The van der Waals surface area contributed by atoms with Gasteiger partial charge in [0, 0.05) is 17.6 Å². The molecule has 1 fully saturated rings. The van der Waals surface area contributed by atoms with Gasteiger partial charge in [0.25, 0.3) is 0 Å². The average Bonchev–Trinajstić information content (AvgIpc) is 2.92. The third kappa shape index (κ3) is 3.61. The molecule has 1 aliphatic carbocycles. The molecule has 0 heterocycles. The molecular formula is C14H21BrN2O2S. The van der Waals surface area contributed by atoms with Crippen molar-refractivity contribution in [2.75, 3.05) is 6.54 Å². The zero-order valence-corrected chi connectivity index (χ0v) is 14.1. The summed E-state index contributed by atoms with van der Waals surface area (Å²) in [6.45, 7) is 2.74. The minimum absolute atomic E-state index is 0.288. The van der Waals surface area contributed by atoms with E-state index in [1.807, 2.05) is 13.0 Å².